The number of ether oxygens (including phenoxy) is 3. The lowest BCUT2D eigenvalue weighted by atomic mass is 10.1. The van der Waals surface area contributed by atoms with Gasteiger partial charge in [-0.3, -0.25) is 14.5 Å². The number of anilines is 1. The van der Waals surface area contributed by atoms with Gasteiger partial charge in [-0.05, 0) is 69.6 Å². The van der Waals surface area contributed by atoms with E-state index in [2.05, 4.69) is 5.32 Å². The second-order valence-corrected chi connectivity index (χ2v) is 10.9. The van der Waals surface area contributed by atoms with E-state index in [1.165, 1.54) is 12.1 Å². The Balaban J connectivity index is 0.00000441. The Morgan fingerprint density at radius 3 is 2.40 bits per heavy atom. The molecule has 0 radical (unpaired) electrons. The Kier molecular flexibility index (Phi) is 15.4. The highest BCUT2D eigenvalue weighted by molar-refractivity contribution is 7.93. The Bertz CT molecular complexity index is 1350. The van der Waals surface area contributed by atoms with E-state index in [1.54, 1.807) is 56.3 Å². The summed E-state index contributed by atoms with van der Waals surface area (Å²) in [5.41, 5.74) is 7.05. The average Bonchev–Trinajstić information content (AvgIpc) is 2.92. The van der Waals surface area contributed by atoms with Gasteiger partial charge in [0.05, 0.1) is 25.4 Å². The molecule has 2 aromatic rings. The molecule has 3 rings (SSSR count). The van der Waals surface area contributed by atoms with Gasteiger partial charge < -0.3 is 25.3 Å². The lowest BCUT2D eigenvalue weighted by Crippen LogP contribution is -2.36. The molecule has 14 heteroatoms. The molecule has 4 N–H and O–H groups in total. The van der Waals surface area contributed by atoms with Crippen LogP contribution in [0.3, 0.4) is 0 Å². The quantitative estimate of drug-likeness (QED) is 0.168. The van der Waals surface area contributed by atoms with E-state index in [0.29, 0.717) is 16.9 Å². The van der Waals surface area contributed by atoms with Crippen LogP contribution >= 0.6 is 24.8 Å². The maximum atomic E-state index is 13.4. The number of hydrogen-bond acceptors (Lipinski definition) is 9. The number of nitrogens with zero attached hydrogens (tertiary/aromatic N) is 1. The predicted octanol–water partition coefficient (Wildman–Crippen LogP) is 3.53. The predicted molar refractivity (Wildman–Crippen MR) is 168 cm³/mol. The van der Waals surface area contributed by atoms with Gasteiger partial charge >= 0.3 is 11.9 Å². The highest BCUT2D eigenvalue weighted by atomic mass is 35.5. The summed E-state index contributed by atoms with van der Waals surface area (Å²) in [7, 11) is -4.22. The minimum absolute atomic E-state index is 0. The van der Waals surface area contributed by atoms with Crippen LogP contribution < -0.4 is 20.1 Å². The van der Waals surface area contributed by atoms with Gasteiger partial charge in [0.15, 0.2) is 5.75 Å². The molecule has 0 bridgehead atoms. The lowest BCUT2D eigenvalue weighted by molar-refractivity contribution is -0.139. The van der Waals surface area contributed by atoms with Crippen molar-refractivity contribution >= 4 is 64.4 Å². The molecular formula is C28H38Cl2N4O7S. The average molecular weight is 646 g/mol. The summed E-state index contributed by atoms with van der Waals surface area (Å²) < 4.78 is 44.1. The van der Waals surface area contributed by atoms with Crippen LogP contribution in [-0.4, -0.2) is 70.9 Å². The highest BCUT2D eigenvalue weighted by Crippen LogP contribution is 2.30. The van der Waals surface area contributed by atoms with Gasteiger partial charge in [-0.1, -0.05) is 30.4 Å². The van der Waals surface area contributed by atoms with Crippen molar-refractivity contribution in [1.29, 1.82) is 5.41 Å². The zero-order valence-electron chi connectivity index (χ0n) is 23.5. The summed E-state index contributed by atoms with van der Waals surface area (Å²) >= 11 is 0. The van der Waals surface area contributed by atoms with Crippen LogP contribution in [0.25, 0.3) is 6.08 Å². The molecular weight excluding hydrogens is 607 g/mol. The van der Waals surface area contributed by atoms with E-state index < -0.39 is 27.7 Å². The molecule has 42 heavy (non-hydrogen) atoms. The smallest absolute Gasteiger partial charge is 0.341 e. The molecule has 2 aromatic carbocycles. The molecule has 11 nitrogen and oxygen atoms in total. The zero-order chi connectivity index (χ0) is 29.1. The number of carbonyl (C=O) groups is 2. The third-order valence-corrected chi connectivity index (χ3v) is 7.68. The van der Waals surface area contributed by atoms with E-state index in [1.807, 2.05) is 0 Å². The number of benzene rings is 2. The number of nitrogens with two attached hydrogens (primary N) is 1. The SMILES string of the molecule is CCOC(=O)CS(=O)(=O)N(C/C=C/c1cccc(C(=N)N)c1)c1ccc(OC2CCNCC2)c(C(=O)OCC)c1.Cl.Cl. The number of nitrogen functional groups attached to an aromatic ring is 1. The minimum Gasteiger partial charge on any atom is -0.489 e. The third-order valence-electron chi connectivity index (χ3n) is 6.05. The fourth-order valence-corrected chi connectivity index (χ4v) is 5.43. The number of hydrogen-bond donors (Lipinski definition) is 3. The van der Waals surface area contributed by atoms with Gasteiger partial charge in [0.1, 0.15) is 23.3 Å². The van der Waals surface area contributed by atoms with Gasteiger partial charge in [-0.15, -0.1) is 24.8 Å². The fourth-order valence-electron chi connectivity index (χ4n) is 4.14. The Hall–Kier alpha value is -3.32. The van der Waals surface area contributed by atoms with Crippen molar-refractivity contribution in [2.45, 2.75) is 32.8 Å². The summed E-state index contributed by atoms with van der Waals surface area (Å²) in [6.07, 6.45) is 4.71. The number of carbonyl (C=O) groups excluding carboxylic acids is 2. The summed E-state index contributed by atoms with van der Waals surface area (Å²) in [6, 6.07) is 11.4. The number of piperidine rings is 1. The van der Waals surface area contributed by atoms with Gasteiger partial charge in [-0.25, -0.2) is 13.2 Å². The standard InChI is InChI=1S/C28H36N4O7S.2ClH/c1-3-37-26(33)19-40(35,36)32(16-6-8-20-7-5-9-21(17-20)27(29)30)22-10-11-25(24(18-22)28(34)38-4-2)39-23-12-14-31-15-13-23;;/h5-11,17-18,23,31H,3-4,12-16,19H2,1-2H3,(H3,29,30);2*1H/b8-6+;;. The van der Waals surface area contributed by atoms with Crippen molar-refractivity contribution in [1.82, 2.24) is 5.32 Å². The monoisotopic (exact) mass is 644 g/mol. The fraction of sp³-hybridized carbons (Fsp3) is 0.393. The van der Waals surface area contributed by atoms with Gasteiger partial charge in [0.25, 0.3) is 0 Å². The summed E-state index contributed by atoms with van der Waals surface area (Å²) in [5.74, 6) is -2.20. The van der Waals surface area contributed by atoms with Gasteiger partial charge in [-0.2, -0.15) is 0 Å². The molecule has 1 aliphatic rings. The van der Waals surface area contributed by atoms with Crippen molar-refractivity contribution in [3.8, 4) is 5.75 Å². The van der Waals surface area contributed by atoms with Gasteiger partial charge in [0.2, 0.25) is 10.0 Å². The molecule has 1 saturated heterocycles. The molecule has 0 amide bonds. The Morgan fingerprint density at radius 1 is 1.07 bits per heavy atom. The van der Waals surface area contributed by atoms with Crippen LogP contribution in [-0.2, 0) is 24.3 Å². The number of halogens is 2. The Morgan fingerprint density at radius 2 is 1.76 bits per heavy atom. The highest BCUT2D eigenvalue weighted by Gasteiger charge is 2.28. The first-order valence-corrected chi connectivity index (χ1v) is 14.7. The first-order valence-electron chi connectivity index (χ1n) is 13.1. The van der Waals surface area contributed by atoms with Crippen molar-refractivity contribution < 1.29 is 32.2 Å². The zero-order valence-corrected chi connectivity index (χ0v) is 26.0. The first kappa shape index (κ1) is 36.7. The summed E-state index contributed by atoms with van der Waals surface area (Å²) in [6.45, 7) is 4.87. The van der Waals surface area contributed by atoms with E-state index in [-0.39, 0.29) is 67.8 Å². The van der Waals surface area contributed by atoms with Crippen molar-refractivity contribution in [2.75, 3.05) is 42.9 Å². The molecule has 0 spiro atoms. The number of sulfonamides is 1. The molecule has 1 heterocycles. The van der Waals surface area contributed by atoms with E-state index >= 15 is 0 Å². The van der Waals surface area contributed by atoms with Crippen molar-refractivity contribution in [3.63, 3.8) is 0 Å². The maximum Gasteiger partial charge on any atom is 0.341 e. The van der Waals surface area contributed by atoms with Crippen molar-refractivity contribution in [2.24, 2.45) is 5.73 Å². The Labute approximate surface area is 259 Å². The number of esters is 2. The van der Waals surface area contributed by atoms with Crippen LogP contribution in [0.1, 0.15) is 48.2 Å². The molecule has 1 aliphatic heterocycles. The number of nitrogens with one attached hydrogen (secondary N) is 2. The maximum absolute atomic E-state index is 13.4. The second kappa shape index (κ2) is 17.6. The second-order valence-electron chi connectivity index (χ2n) is 9.00. The van der Waals surface area contributed by atoms with Gasteiger partial charge in [0, 0.05) is 5.56 Å². The largest absolute Gasteiger partial charge is 0.489 e. The van der Waals surface area contributed by atoms with E-state index in [9.17, 15) is 18.0 Å². The number of rotatable bonds is 13. The van der Waals surface area contributed by atoms with Crippen LogP contribution in [0.4, 0.5) is 5.69 Å². The van der Waals surface area contributed by atoms with E-state index in [4.69, 9.17) is 25.4 Å². The lowest BCUT2D eigenvalue weighted by Gasteiger charge is -2.26. The molecule has 0 aliphatic carbocycles. The minimum atomic E-state index is -4.22. The normalized spacial score (nSPS) is 13.4. The molecule has 1 fully saturated rings. The molecule has 232 valence electrons. The van der Waals surface area contributed by atoms with E-state index in [0.717, 1.165) is 30.2 Å². The number of amidine groups is 1. The summed E-state index contributed by atoms with van der Waals surface area (Å²) in [4.78, 5) is 25.0. The molecule has 0 unspecified atom stereocenters. The van der Waals surface area contributed by atoms with Crippen LogP contribution in [0.2, 0.25) is 0 Å². The van der Waals surface area contributed by atoms with Crippen molar-refractivity contribution in [3.05, 3.63) is 65.2 Å². The third kappa shape index (κ3) is 10.5. The summed E-state index contributed by atoms with van der Waals surface area (Å²) in [5, 5.41) is 10.9. The van der Waals surface area contributed by atoms with Crippen LogP contribution in [0.5, 0.6) is 5.75 Å². The molecule has 0 atom stereocenters. The molecule has 0 saturated carbocycles. The topological polar surface area (TPSA) is 161 Å². The first-order chi connectivity index (χ1) is 19.1. The van der Waals surface area contributed by atoms with Crippen LogP contribution in [0, 0.1) is 5.41 Å². The molecule has 0 aromatic heterocycles. The van der Waals surface area contributed by atoms with Crippen LogP contribution in [0.15, 0.2) is 48.5 Å².